The molecular formula is C9H8BrNS. The van der Waals surface area contributed by atoms with Gasteiger partial charge in [-0.05, 0) is 18.6 Å². The van der Waals surface area contributed by atoms with E-state index in [4.69, 9.17) is 0 Å². The molecule has 62 valence electrons. The first-order valence-corrected chi connectivity index (χ1v) is 5.66. The van der Waals surface area contributed by atoms with Crippen molar-refractivity contribution >= 4 is 37.5 Å². The molecule has 0 aliphatic carbocycles. The van der Waals surface area contributed by atoms with Crippen LogP contribution in [0.3, 0.4) is 0 Å². The predicted octanol–water partition coefficient (Wildman–Crippen LogP) is 3.50. The van der Waals surface area contributed by atoms with Gasteiger partial charge < -0.3 is 0 Å². The molecule has 1 aromatic carbocycles. The summed E-state index contributed by atoms with van der Waals surface area (Å²) in [7, 11) is 0. The molecule has 0 radical (unpaired) electrons. The SMILES string of the molecule is Cc1cccc2sc(CBr)nc12. The van der Waals surface area contributed by atoms with Gasteiger partial charge in [0.1, 0.15) is 5.01 Å². The van der Waals surface area contributed by atoms with Crippen molar-refractivity contribution in [1.29, 1.82) is 0 Å². The summed E-state index contributed by atoms with van der Waals surface area (Å²) in [4.78, 5) is 4.50. The van der Waals surface area contributed by atoms with Gasteiger partial charge in [0.2, 0.25) is 0 Å². The fourth-order valence-electron chi connectivity index (χ4n) is 1.19. The Kier molecular flexibility index (Phi) is 2.15. The topological polar surface area (TPSA) is 12.9 Å². The van der Waals surface area contributed by atoms with Crippen molar-refractivity contribution in [2.24, 2.45) is 0 Å². The lowest BCUT2D eigenvalue weighted by Crippen LogP contribution is -1.76. The average molecular weight is 242 g/mol. The van der Waals surface area contributed by atoms with Gasteiger partial charge in [-0.3, -0.25) is 0 Å². The molecular weight excluding hydrogens is 234 g/mol. The van der Waals surface area contributed by atoms with E-state index in [9.17, 15) is 0 Å². The third-order valence-corrected chi connectivity index (χ3v) is 3.70. The van der Waals surface area contributed by atoms with E-state index in [-0.39, 0.29) is 0 Å². The third-order valence-electron chi connectivity index (χ3n) is 1.78. The Bertz CT molecular complexity index is 408. The maximum atomic E-state index is 4.50. The molecule has 12 heavy (non-hydrogen) atoms. The molecule has 3 heteroatoms. The molecule has 0 saturated carbocycles. The van der Waals surface area contributed by atoms with Crippen molar-refractivity contribution in [3.8, 4) is 0 Å². The number of rotatable bonds is 1. The van der Waals surface area contributed by atoms with Crippen LogP contribution in [0.1, 0.15) is 10.6 Å². The van der Waals surface area contributed by atoms with E-state index in [1.807, 2.05) is 0 Å². The first-order chi connectivity index (χ1) is 5.81. The van der Waals surface area contributed by atoms with Crippen molar-refractivity contribution in [2.45, 2.75) is 12.3 Å². The van der Waals surface area contributed by atoms with Crippen molar-refractivity contribution in [3.05, 3.63) is 28.8 Å². The van der Waals surface area contributed by atoms with Crippen LogP contribution in [-0.4, -0.2) is 4.98 Å². The number of benzene rings is 1. The number of alkyl halides is 1. The highest BCUT2D eigenvalue weighted by Gasteiger charge is 2.03. The second-order valence-electron chi connectivity index (χ2n) is 2.66. The summed E-state index contributed by atoms with van der Waals surface area (Å²) >= 11 is 5.16. The van der Waals surface area contributed by atoms with Gasteiger partial charge in [0.15, 0.2) is 0 Å². The fourth-order valence-corrected chi connectivity index (χ4v) is 2.55. The maximum Gasteiger partial charge on any atom is 0.104 e. The molecule has 0 atom stereocenters. The van der Waals surface area contributed by atoms with Gasteiger partial charge in [-0.15, -0.1) is 11.3 Å². The molecule has 1 aromatic heterocycles. The van der Waals surface area contributed by atoms with Crippen LogP contribution >= 0.6 is 27.3 Å². The lowest BCUT2D eigenvalue weighted by molar-refractivity contribution is 1.31. The number of para-hydroxylation sites is 1. The molecule has 2 rings (SSSR count). The maximum absolute atomic E-state index is 4.50. The highest BCUT2D eigenvalue weighted by Crippen LogP contribution is 2.25. The predicted molar refractivity (Wildman–Crippen MR) is 57.0 cm³/mol. The minimum absolute atomic E-state index is 0.853. The number of aryl methyl sites for hydroxylation is 1. The van der Waals surface area contributed by atoms with Crippen molar-refractivity contribution in [2.75, 3.05) is 0 Å². The molecule has 0 bridgehead atoms. The van der Waals surface area contributed by atoms with Crippen LogP contribution in [-0.2, 0) is 5.33 Å². The molecule has 0 N–H and O–H groups in total. The van der Waals surface area contributed by atoms with Crippen LogP contribution in [0.15, 0.2) is 18.2 Å². The lowest BCUT2D eigenvalue weighted by Gasteiger charge is -1.90. The third kappa shape index (κ3) is 1.27. The number of nitrogens with zero attached hydrogens (tertiary/aromatic N) is 1. The van der Waals surface area contributed by atoms with Crippen LogP contribution in [0.25, 0.3) is 10.2 Å². The standard InChI is InChI=1S/C9H8BrNS/c1-6-3-2-4-7-9(6)11-8(5-10)12-7/h2-4H,5H2,1H3. The molecule has 0 aliphatic rings. The molecule has 0 unspecified atom stereocenters. The second-order valence-corrected chi connectivity index (χ2v) is 4.34. The van der Waals surface area contributed by atoms with E-state index in [2.05, 4.69) is 46.0 Å². The van der Waals surface area contributed by atoms with Gasteiger partial charge in [0.05, 0.1) is 15.5 Å². The van der Waals surface area contributed by atoms with E-state index in [1.54, 1.807) is 11.3 Å². The number of halogens is 1. The highest BCUT2D eigenvalue weighted by atomic mass is 79.9. The Labute approximate surface area is 83.6 Å². The normalized spacial score (nSPS) is 10.8. The first-order valence-electron chi connectivity index (χ1n) is 3.72. The van der Waals surface area contributed by atoms with Crippen molar-refractivity contribution in [1.82, 2.24) is 4.98 Å². The Morgan fingerprint density at radius 3 is 3.00 bits per heavy atom. The van der Waals surface area contributed by atoms with E-state index in [0.29, 0.717) is 0 Å². The molecule has 0 aliphatic heterocycles. The smallest absolute Gasteiger partial charge is 0.104 e. The fraction of sp³-hybridized carbons (Fsp3) is 0.222. The summed E-state index contributed by atoms with van der Waals surface area (Å²) in [6, 6.07) is 6.29. The molecule has 0 saturated heterocycles. The Morgan fingerprint density at radius 1 is 1.50 bits per heavy atom. The van der Waals surface area contributed by atoms with E-state index in [0.717, 1.165) is 15.9 Å². The van der Waals surface area contributed by atoms with E-state index >= 15 is 0 Å². The number of thiazole rings is 1. The summed E-state index contributed by atoms with van der Waals surface area (Å²) in [5.74, 6) is 0. The van der Waals surface area contributed by atoms with Gasteiger partial charge in [0.25, 0.3) is 0 Å². The minimum atomic E-state index is 0.853. The second kappa shape index (κ2) is 3.15. The van der Waals surface area contributed by atoms with Crippen LogP contribution in [0, 0.1) is 6.92 Å². The Balaban J connectivity index is 2.74. The average Bonchev–Trinajstić information content (AvgIpc) is 2.49. The van der Waals surface area contributed by atoms with Crippen LogP contribution in [0.5, 0.6) is 0 Å². The summed E-state index contributed by atoms with van der Waals surface area (Å²) in [6.45, 7) is 2.10. The molecule has 0 amide bonds. The van der Waals surface area contributed by atoms with E-state index in [1.165, 1.54) is 10.3 Å². The zero-order valence-corrected chi connectivity index (χ0v) is 9.08. The zero-order chi connectivity index (χ0) is 8.55. The number of hydrogen-bond acceptors (Lipinski definition) is 2. The molecule has 0 spiro atoms. The monoisotopic (exact) mass is 241 g/mol. The van der Waals surface area contributed by atoms with E-state index < -0.39 is 0 Å². The van der Waals surface area contributed by atoms with Crippen LogP contribution < -0.4 is 0 Å². The number of aromatic nitrogens is 1. The summed E-state index contributed by atoms with van der Waals surface area (Å²) in [5.41, 5.74) is 2.41. The molecule has 0 fully saturated rings. The lowest BCUT2D eigenvalue weighted by atomic mass is 10.2. The highest BCUT2D eigenvalue weighted by molar-refractivity contribution is 9.08. The summed E-state index contributed by atoms with van der Waals surface area (Å²) in [6.07, 6.45) is 0. The summed E-state index contributed by atoms with van der Waals surface area (Å²) < 4.78 is 1.28. The molecule has 2 aromatic rings. The van der Waals surface area contributed by atoms with Gasteiger partial charge in [0, 0.05) is 0 Å². The Hall–Kier alpha value is -0.410. The minimum Gasteiger partial charge on any atom is -0.240 e. The zero-order valence-electron chi connectivity index (χ0n) is 6.67. The quantitative estimate of drug-likeness (QED) is 0.697. The van der Waals surface area contributed by atoms with Gasteiger partial charge in [-0.2, -0.15) is 0 Å². The van der Waals surface area contributed by atoms with Crippen LogP contribution in [0.2, 0.25) is 0 Å². The van der Waals surface area contributed by atoms with Crippen LogP contribution in [0.4, 0.5) is 0 Å². The molecule has 1 heterocycles. The van der Waals surface area contributed by atoms with Crippen molar-refractivity contribution < 1.29 is 0 Å². The van der Waals surface area contributed by atoms with Gasteiger partial charge in [-0.1, -0.05) is 28.1 Å². The first kappa shape index (κ1) is 8.20. The number of hydrogen-bond donors (Lipinski definition) is 0. The number of fused-ring (bicyclic) bond motifs is 1. The van der Waals surface area contributed by atoms with Gasteiger partial charge in [-0.25, -0.2) is 4.98 Å². The Morgan fingerprint density at radius 2 is 2.33 bits per heavy atom. The van der Waals surface area contributed by atoms with Crippen molar-refractivity contribution in [3.63, 3.8) is 0 Å². The summed E-state index contributed by atoms with van der Waals surface area (Å²) in [5, 5.41) is 2.01. The molecule has 1 nitrogen and oxygen atoms in total. The largest absolute Gasteiger partial charge is 0.240 e. The van der Waals surface area contributed by atoms with Gasteiger partial charge >= 0.3 is 0 Å².